The molecule has 1 saturated carbocycles. The third-order valence-electron chi connectivity index (χ3n) is 2.62. The first-order valence-electron chi connectivity index (χ1n) is 4.86. The van der Waals surface area contributed by atoms with Crippen LogP contribution in [0.2, 0.25) is 0 Å². The van der Waals surface area contributed by atoms with Gasteiger partial charge in [0.2, 0.25) is 5.89 Å². The molecule has 1 aliphatic rings. The molecule has 0 unspecified atom stereocenters. The second kappa shape index (κ2) is 3.10. The maximum Gasteiger partial charge on any atom is 0.226 e. The van der Waals surface area contributed by atoms with E-state index < -0.39 is 0 Å². The number of hydrogen-bond acceptors (Lipinski definition) is 4. The Bertz CT molecular complexity index is 291. The minimum atomic E-state index is -0.282. The fourth-order valence-electron chi connectivity index (χ4n) is 1.55. The standard InChI is InChI=1S/C9H15N3O/c1-2-4-7-11-8(12-13-7)9(10)5-3-6-9/h2-6,10H2,1H3. The molecule has 0 amide bonds. The number of rotatable bonds is 3. The fraction of sp³-hybridized carbons (Fsp3) is 0.778. The molecule has 1 heterocycles. The molecule has 0 bridgehead atoms. The Kier molecular flexibility index (Phi) is 2.07. The third-order valence-corrected chi connectivity index (χ3v) is 2.62. The van der Waals surface area contributed by atoms with E-state index >= 15 is 0 Å². The van der Waals surface area contributed by atoms with Gasteiger partial charge in [0.15, 0.2) is 5.82 Å². The maximum atomic E-state index is 6.05. The Hall–Kier alpha value is -0.900. The van der Waals surface area contributed by atoms with E-state index in [2.05, 4.69) is 17.1 Å². The van der Waals surface area contributed by atoms with Crippen LogP contribution in [0.4, 0.5) is 0 Å². The minimum absolute atomic E-state index is 0.282. The largest absolute Gasteiger partial charge is 0.339 e. The summed E-state index contributed by atoms with van der Waals surface area (Å²) in [6.07, 6.45) is 5.02. The zero-order valence-corrected chi connectivity index (χ0v) is 7.92. The van der Waals surface area contributed by atoms with Gasteiger partial charge >= 0.3 is 0 Å². The molecule has 0 aromatic carbocycles. The molecule has 1 aliphatic carbocycles. The van der Waals surface area contributed by atoms with Crippen molar-refractivity contribution in [3.05, 3.63) is 11.7 Å². The predicted molar refractivity (Wildman–Crippen MR) is 48.0 cm³/mol. The highest BCUT2D eigenvalue weighted by atomic mass is 16.5. The van der Waals surface area contributed by atoms with E-state index in [1.54, 1.807) is 0 Å². The van der Waals surface area contributed by atoms with Gasteiger partial charge in [0.25, 0.3) is 0 Å². The molecule has 4 nitrogen and oxygen atoms in total. The summed E-state index contributed by atoms with van der Waals surface area (Å²) < 4.78 is 5.09. The quantitative estimate of drug-likeness (QED) is 0.764. The second-order valence-corrected chi connectivity index (χ2v) is 3.77. The highest BCUT2D eigenvalue weighted by molar-refractivity contribution is 5.08. The van der Waals surface area contributed by atoms with Crippen LogP contribution in [0.15, 0.2) is 4.52 Å². The maximum absolute atomic E-state index is 6.05. The summed E-state index contributed by atoms with van der Waals surface area (Å²) >= 11 is 0. The Morgan fingerprint density at radius 2 is 2.31 bits per heavy atom. The van der Waals surface area contributed by atoms with Crippen molar-refractivity contribution in [3.63, 3.8) is 0 Å². The molecule has 13 heavy (non-hydrogen) atoms. The van der Waals surface area contributed by atoms with Crippen molar-refractivity contribution < 1.29 is 4.52 Å². The van der Waals surface area contributed by atoms with Gasteiger partial charge in [0.1, 0.15) is 0 Å². The van der Waals surface area contributed by atoms with Gasteiger partial charge in [-0.1, -0.05) is 12.1 Å². The normalized spacial score (nSPS) is 19.8. The molecule has 0 radical (unpaired) electrons. The van der Waals surface area contributed by atoms with Crippen LogP contribution in [0, 0.1) is 0 Å². The lowest BCUT2D eigenvalue weighted by Gasteiger charge is -2.34. The number of aromatic nitrogens is 2. The fourth-order valence-corrected chi connectivity index (χ4v) is 1.55. The molecule has 1 fully saturated rings. The lowest BCUT2D eigenvalue weighted by Crippen LogP contribution is -2.44. The molecule has 0 atom stereocenters. The molecule has 0 saturated heterocycles. The molecule has 1 aromatic heterocycles. The summed E-state index contributed by atoms with van der Waals surface area (Å²) in [5, 5.41) is 3.92. The lowest BCUT2D eigenvalue weighted by molar-refractivity contribution is 0.229. The average Bonchev–Trinajstić information content (AvgIpc) is 2.50. The zero-order valence-electron chi connectivity index (χ0n) is 7.92. The van der Waals surface area contributed by atoms with Crippen molar-refractivity contribution in [1.82, 2.24) is 10.1 Å². The third kappa shape index (κ3) is 1.46. The van der Waals surface area contributed by atoms with Gasteiger partial charge < -0.3 is 10.3 Å². The zero-order chi connectivity index (χ0) is 9.31. The van der Waals surface area contributed by atoms with E-state index in [4.69, 9.17) is 10.3 Å². The van der Waals surface area contributed by atoms with Crippen LogP contribution in [0.3, 0.4) is 0 Å². The van der Waals surface area contributed by atoms with Crippen LogP contribution in [0.1, 0.15) is 44.3 Å². The summed E-state index contributed by atoms with van der Waals surface area (Å²) in [7, 11) is 0. The van der Waals surface area contributed by atoms with E-state index in [-0.39, 0.29) is 5.54 Å². The van der Waals surface area contributed by atoms with Gasteiger partial charge in [0.05, 0.1) is 5.54 Å². The van der Waals surface area contributed by atoms with Gasteiger partial charge in [-0.2, -0.15) is 4.98 Å². The van der Waals surface area contributed by atoms with Crippen molar-refractivity contribution in [2.24, 2.45) is 5.73 Å². The monoisotopic (exact) mass is 181 g/mol. The van der Waals surface area contributed by atoms with Gasteiger partial charge in [-0.15, -0.1) is 0 Å². The predicted octanol–water partition coefficient (Wildman–Crippen LogP) is 1.36. The smallest absolute Gasteiger partial charge is 0.226 e. The van der Waals surface area contributed by atoms with Crippen LogP contribution in [-0.2, 0) is 12.0 Å². The van der Waals surface area contributed by atoms with E-state index in [0.29, 0.717) is 11.7 Å². The van der Waals surface area contributed by atoms with Gasteiger partial charge in [-0.25, -0.2) is 0 Å². The molecule has 2 rings (SSSR count). The number of nitrogens with two attached hydrogens (primary N) is 1. The molecule has 2 N–H and O–H groups in total. The summed E-state index contributed by atoms with van der Waals surface area (Å²) in [5.74, 6) is 1.41. The lowest BCUT2D eigenvalue weighted by atomic mass is 9.77. The van der Waals surface area contributed by atoms with E-state index in [0.717, 1.165) is 25.7 Å². The molecule has 72 valence electrons. The second-order valence-electron chi connectivity index (χ2n) is 3.77. The van der Waals surface area contributed by atoms with Gasteiger partial charge in [-0.3, -0.25) is 0 Å². The van der Waals surface area contributed by atoms with Crippen molar-refractivity contribution in [2.45, 2.75) is 44.6 Å². The highest BCUT2D eigenvalue weighted by Gasteiger charge is 2.38. The Balaban J connectivity index is 2.12. The van der Waals surface area contributed by atoms with Crippen molar-refractivity contribution in [1.29, 1.82) is 0 Å². The SMILES string of the molecule is CCCc1nc(C2(N)CCC2)no1. The Labute approximate surface area is 77.5 Å². The van der Waals surface area contributed by atoms with Crippen molar-refractivity contribution in [2.75, 3.05) is 0 Å². The number of nitrogens with zero attached hydrogens (tertiary/aromatic N) is 2. The molecular formula is C9H15N3O. The topological polar surface area (TPSA) is 64.9 Å². The first kappa shape index (κ1) is 8.69. The van der Waals surface area contributed by atoms with E-state index in [9.17, 15) is 0 Å². The average molecular weight is 181 g/mol. The van der Waals surface area contributed by atoms with Crippen LogP contribution in [-0.4, -0.2) is 10.1 Å². The summed E-state index contributed by atoms with van der Waals surface area (Å²) in [5.41, 5.74) is 5.77. The summed E-state index contributed by atoms with van der Waals surface area (Å²) in [6.45, 7) is 2.09. The van der Waals surface area contributed by atoms with Crippen LogP contribution in [0.25, 0.3) is 0 Å². The number of aryl methyl sites for hydroxylation is 1. The van der Waals surface area contributed by atoms with Crippen molar-refractivity contribution in [3.8, 4) is 0 Å². The Morgan fingerprint density at radius 1 is 1.54 bits per heavy atom. The molecule has 0 aliphatic heterocycles. The van der Waals surface area contributed by atoms with Crippen molar-refractivity contribution >= 4 is 0 Å². The van der Waals surface area contributed by atoms with Gasteiger partial charge in [-0.05, 0) is 25.7 Å². The number of hydrogen-bond donors (Lipinski definition) is 1. The van der Waals surface area contributed by atoms with E-state index in [1.165, 1.54) is 6.42 Å². The van der Waals surface area contributed by atoms with Crippen LogP contribution in [0.5, 0.6) is 0 Å². The van der Waals surface area contributed by atoms with Crippen LogP contribution >= 0.6 is 0 Å². The molecule has 0 spiro atoms. The molecule has 4 heteroatoms. The molecule has 1 aromatic rings. The summed E-state index contributed by atoms with van der Waals surface area (Å²) in [6, 6.07) is 0. The first-order chi connectivity index (χ1) is 6.24. The summed E-state index contributed by atoms with van der Waals surface area (Å²) in [4.78, 5) is 4.29. The van der Waals surface area contributed by atoms with Gasteiger partial charge in [0, 0.05) is 6.42 Å². The minimum Gasteiger partial charge on any atom is -0.339 e. The molecular weight excluding hydrogens is 166 g/mol. The van der Waals surface area contributed by atoms with Crippen LogP contribution < -0.4 is 5.73 Å². The first-order valence-corrected chi connectivity index (χ1v) is 4.86. The highest BCUT2D eigenvalue weighted by Crippen LogP contribution is 2.36. The Morgan fingerprint density at radius 3 is 2.85 bits per heavy atom. The van der Waals surface area contributed by atoms with E-state index in [1.807, 2.05) is 0 Å².